The topological polar surface area (TPSA) is 43.7 Å². The highest BCUT2D eigenvalue weighted by molar-refractivity contribution is 5.19. The molecule has 0 heterocycles. The van der Waals surface area contributed by atoms with Gasteiger partial charge in [0.2, 0.25) is 0 Å². The van der Waals surface area contributed by atoms with Gasteiger partial charge in [-0.15, -0.1) is 0 Å². The van der Waals surface area contributed by atoms with Crippen molar-refractivity contribution in [2.45, 2.75) is 12.6 Å². The molecule has 0 bridgehead atoms. The molecule has 0 fully saturated rings. The molecule has 1 atom stereocenters. The third kappa shape index (κ3) is 4.93. The molecule has 0 aliphatic carbocycles. The summed E-state index contributed by atoms with van der Waals surface area (Å²) in [4.78, 5) is 1.95. The summed E-state index contributed by atoms with van der Waals surface area (Å²) < 4.78 is 13.2. The smallest absolute Gasteiger partial charge is 0.123 e. The number of benzene rings is 2. The van der Waals surface area contributed by atoms with Crippen molar-refractivity contribution in [3.05, 3.63) is 71.5 Å². The van der Waals surface area contributed by atoms with Crippen LogP contribution >= 0.6 is 0 Å². The van der Waals surface area contributed by atoms with Gasteiger partial charge < -0.3 is 10.2 Å². The Balaban J connectivity index is 2.02. The molecule has 0 saturated heterocycles. The Labute approximate surface area is 124 Å². The monoisotopic (exact) mass is 289 g/mol. The summed E-state index contributed by atoms with van der Waals surface area (Å²) in [7, 11) is 0. The van der Waals surface area contributed by atoms with Crippen LogP contribution in [0.15, 0.2) is 54.6 Å². The zero-order valence-electron chi connectivity index (χ0n) is 11.8. The first-order chi connectivity index (χ1) is 10.2. The second kappa shape index (κ2) is 7.88. The summed E-state index contributed by atoms with van der Waals surface area (Å²) in [5, 5.41) is 19.4. The van der Waals surface area contributed by atoms with E-state index in [1.54, 1.807) is 12.1 Å². The number of hydrogen-bond acceptors (Lipinski definition) is 3. The molecule has 0 aromatic heterocycles. The lowest BCUT2D eigenvalue weighted by molar-refractivity contribution is 0.0954. The van der Waals surface area contributed by atoms with E-state index in [9.17, 15) is 9.50 Å². The van der Waals surface area contributed by atoms with Crippen LogP contribution in [0.2, 0.25) is 0 Å². The van der Waals surface area contributed by atoms with Gasteiger partial charge in [-0.25, -0.2) is 4.39 Å². The van der Waals surface area contributed by atoms with Crippen molar-refractivity contribution in [2.24, 2.45) is 0 Å². The van der Waals surface area contributed by atoms with Gasteiger partial charge in [0, 0.05) is 19.6 Å². The van der Waals surface area contributed by atoms with Gasteiger partial charge in [0.15, 0.2) is 0 Å². The van der Waals surface area contributed by atoms with Crippen molar-refractivity contribution < 1.29 is 14.6 Å². The predicted molar refractivity (Wildman–Crippen MR) is 80.2 cm³/mol. The highest BCUT2D eigenvalue weighted by Crippen LogP contribution is 2.16. The molecule has 2 aromatic carbocycles. The Morgan fingerprint density at radius 3 is 2.48 bits per heavy atom. The summed E-state index contributed by atoms with van der Waals surface area (Å²) in [6.07, 6.45) is -0.782. The zero-order valence-corrected chi connectivity index (χ0v) is 11.8. The van der Waals surface area contributed by atoms with Gasteiger partial charge in [0.1, 0.15) is 5.82 Å². The van der Waals surface area contributed by atoms with E-state index in [0.29, 0.717) is 25.2 Å². The third-order valence-corrected chi connectivity index (χ3v) is 3.33. The Hall–Kier alpha value is -1.75. The number of hydrogen-bond donors (Lipinski definition) is 2. The minimum absolute atomic E-state index is 0.0166. The maximum atomic E-state index is 13.2. The largest absolute Gasteiger partial charge is 0.395 e. The van der Waals surface area contributed by atoms with Crippen molar-refractivity contribution in [3.63, 3.8) is 0 Å². The maximum absolute atomic E-state index is 13.2. The number of nitrogens with zero attached hydrogens (tertiary/aromatic N) is 1. The Morgan fingerprint density at radius 1 is 1.05 bits per heavy atom. The van der Waals surface area contributed by atoms with E-state index in [-0.39, 0.29) is 12.4 Å². The molecule has 2 aromatic rings. The van der Waals surface area contributed by atoms with Crippen molar-refractivity contribution in [3.8, 4) is 0 Å². The molecule has 0 unspecified atom stereocenters. The Kier molecular flexibility index (Phi) is 5.87. The van der Waals surface area contributed by atoms with Crippen LogP contribution in [-0.2, 0) is 6.54 Å². The molecule has 0 saturated carbocycles. The van der Waals surface area contributed by atoms with E-state index in [1.165, 1.54) is 12.1 Å². The molecular weight excluding hydrogens is 269 g/mol. The first kappa shape index (κ1) is 15.6. The molecule has 3 nitrogen and oxygen atoms in total. The summed E-state index contributed by atoms with van der Waals surface area (Å²) in [5.41, 5.74) is 1.66. The molecule has 0 radical (unpaired) electrons. The van der Waals surface area contributed by atoms with Gasteiger partial charge >= 0.3 is 0 Å². The number of aliphatic hydroxyl groups excluding tert-OH is 2. The van der Waals surface area contributed by atoms with Crippen molar-refractivity contribution in [1.29, 1.82) is 0 Å². The standard InChI is InChI=1S/C17H20FNO2/c18-16-8-4-7-15(11-16)17(21)13-19(9-10-20)12-14-5-2-1-3-6-14/h1-8,11,17,20-21H,9-10,12-13H2/t17-/m0/s1. The molecular formula is C17H20FNO2. The van der Waals surface area contributed by atoms with Crippen LogP contribution in [-0.4, -0.2) is 34.8 Å². The van der Waals surface area contributed by atoms with E-state index in [4.69, 9.17) is 5.11 Å². The van der Waals surface area contributed by atoms with E-state index in [2.05, 4.69) is 0 Å². The van der Waals surface area contributed by atoms with E-state index >= 15 is 0 Å². The minimum Gasteiger partial charge on any atom is -0.395 e. The van der Waals surface area contributed by atoms with Gasteiger partial charge in [-0.05, 0) is 23.3 Å². The highest BCUT2D eigenvalue weighted by atomic mass is 19.1. The lowest BCUT2D eigenvalue weighted by Crippen LogP contribution is -2.31. The van der Waals surface area contributed by atoms with Crippen LogP contribution < -0.4 is 0 Å². The second-order valence-corrected chi connectivity index (χ2v) is 5.02. The lowest BCUT2D eigenvalue weighted by Gasteiger charge is -2.24. The number of rotatable bonds is 7. The van der Waals surface area contributed by atoms with Gasteiger partial charge in [-0.1, -0.05) is 42.5 Å². The van der Waals surface area contributed by atoms with Crippen molar-refractivity contribution >= 4 is 0 Å². The lowest BCUT2D eigenvalue weighted by atomic mass is 10.1. The van der Waals surface area contributed by atoms with Crippen LogP contribution in [0.25, 0.3) is 0 Å². The zero-order chi connectivity index (χ0) is 15.1. The van der Waals surface area contributed by atoms with Crippen LogP contribution in [0.4, 0.5) is 4.39 Å². The van der Waals surface area contributed by atoms with E-state index < -0.39 is 6.10 Å². The first-order valence-electron chi connectivity index (χ1n) is 6.99. The van der Waals surface area contributed by atoms with E-state index in [0.717, 1.165) is 5.56 Å². The van der Waals surface area contributed by atoms with Crippen LogP contribution in [0.3, 0.4) is 0 Å². The summed E-state index contributed by atoms with van der Waals surface area (Å²) in [6, 6.07) is 15.8. The van der Waals surface area contributed by atoms with E-state index in [1.807, 2.05) is 35.2 Å². The minimum atomic E-state index is -0.782. The third-order valence-electron chi connectivity index (χ3n) is 3.33. The van der Waals surface area contributed by atoms with Crippen LogP contribution in [0, 0.1) is 5.82 Å². The fraction of sp³-hybridized carbons (Fsp3) is 0.294. The molecule has 0 aliphatic heterocycles. The molecule has 2 rings (SSSR count). The molecule has 0 aliphatic rings. The average molecular weight is 289 g/mol. The van der Waals surface area contributed by atoms with Crippen LogP contribution in [0.5, 0.6) is 0 Å². The fourth-order valence-corrected chi connectivity index (χ4v) is 2.28. The number of aliphatic hydroxyl groups is 2. The molecule has 0 spiro atoms. The second-order valence-electron chi connectivity index (χ2n) is 5.02. The summed E-state index contributed by atoms with van der Waals surface area (Å²) >= 11 is 0. The fourth-order valence-electron chi connectivity index (χ4n) is 2.28. The van der Waals surface area contributed by atoms with Crippen molar-refractivity contribution in [2.75, 3.05) is 19.7 Å². The quantitative estimate of drug-likeness (QED) is 0.822. The molecule has 0 amide bonds. The summed E-state index contributed by atoms with van der Waals surface area (Å²) in [6.45, 7) is 1.46. The molecule has 2 N–H and O–H groups in total. The van der Waals surface area contributed by atoms with Gasteiger partial charge in [0.05, 0.1) is 12.7 Å². The van der Waals surface area contributed by atoms with Gasteiger partial charge in [-0.3, -0.25) is 4.90 Å². The highest BCUT2D eigenvalue weighted by Gasteiger charge is 2.14. The summed E-state index contributed by atoms with van der Waals surface area (Å²) in [5.74, 6) is -0.358. The Morgan fingerprint density at radius 2 is 1.81 bits per heavy atom. The van der Waals surface area contributed by atoms with Gasteiger partial charge in [0.25, 0.3) is 0 Å². The molecule has 21 heavy (non-hydrogen) atoms. The van der Waals surface area contributed by atoms with Gasteiger partial charge in [-0.2, -0.15) is 0 Å². The maximum Gasteiger partial charge on any atom is 0.123 e. The first-order valence-corrected chi connectivity index (χ1v) is 6.99. The number of halogens is 1. The van der Waals surface area contributed by atoms with Crippen molar-refractivity contribution in [1.82, 2.24) is 4.90 Å². The predicted octanol–water partition coefficient (Wildman–Crippen LogP) is 2.35. The average Bonchev–Trinajstić information content (AvgIpc) is 2.48. The molecule has 4 heteroatoms. The SMILES string of the molecule is OCCN(Cc1ccccc1)C[C@H](O)c1cccc(F)c1. The Bertz CT molecular complexity index is 547. The normalized spacial score (nSPS) is 12.6. The van der Waals surface area contributed by atoms with Crippen LogP contribution in [0.1, 0.15) is 17.2 Å². The molecule has 112 valence electrons.